The van der Waals surface area contributed by atoms with Crippen LogP contribution in [0, 0.1) is 12.8 Å². The van der Waals surface area contributed by atoms with E-state index in [1.165, 1.54) is 34.9 Å². The molecule has 0 aliphatic carbocycles. The van der Waals surface area contributed by atoms with Crippen molar-refractivity contribution in [3.8, 4) is 0 Å². The molecule has 0 saturated carbocycles. The minimum atomic E-state index is 0.712. The topological polar surface area (TPSA) is 57.4 Å². The number of aromatic amines is 1. The Bertz CT molecular complexity index is 663. The van der Waals surface area contributed by atoms with E-state index in [2.05, 4.69) is 53.1 Å². The third-order valence-electron chi connectivity index (χ3n) is 4.76. The maximum Gasteiger partial charge on any atom is 0.191 e. The second-order valence-electron chi connectivity index (χ2n) is 6.47. The van der Waals surface area contributed by atoms with E-state index in [0.717, 1.165) is 32.0 Å². The van der Waals surface area contributed by atoms with E-state index in [1.54, 1.807) is 0 Å². The molecule has 1 aliphatic heterocycles. The summed E-state index contributed by atoms with van der Waals surface area (Å²) in [4.78, 5) is 10.2. The zero-order chi connectivity index (χ0) is 15.5. The number of H-pyrrole nitrogens is 1. The Kier molecular flexibility index (Phi) is 4.36. The van der Waals surface area contributed by atoms with Crippen molar-refractivity contribution < 1.29 is 0 Å². The molecule has 1 aromatic carbocycles. The molecule has 0 bridgehead atoms. The molecule has 1 aromatic heterocycles. The van der Waals surface area contributed by atoms with E-state index in [0.29, 0.717) is 5.96 Å². The predicted octanol–water partition coefficient (Wildman–Crippen LogP) is 3.07. The molecule has 0 atom stereocenters. The van der Waals surface area contributed by atoms with Gasteiger partial charge in [0.15, 0.2) is 5.96 Å². The Morgan fingerprint density at radius 1 is 1.36 bits per heavy atom. The lowest BCUT2D eigenvalue weighted by Gasteiger charge is -2.31. The molecule has 2 heterocycles. The molecule has 118 valence electrons. The summed E-state index contributed by atoms with van der Waals surface area (Å²) in [6, 6.07) is 6.37. The van der Waals surface area contributed by atoms with Crippen LogP contribution >= 0.6 is 0 Å². The first kappa shape index (κ1) is 14.9. The Balaban J connectivity index is 1.63. The molecular formula is C18H26N4. The van der Waals surface area contributed by atoms with Crippen LogP contribution in [0.25, 0.3) is 10.9 Å². The highest BCUT2D eigenvalue weighted by Gasteiger charge is 2.16. The number of nitrogens with zero attached hydrogens (tertiary/aromatic N) is 2. The fraction of sp³-hybridized carbons (Fsp3) is 0.500. The van der Waals surface area contributed by atoms with Crippen LogP contribution in [-0.2, 0) is 6.42 Å². The molecule has 3 N–H and O–H groups in total. The summed E-state index contributed by atoms with van der Waals surface area (Å²) in [5, 5.41) is 1.34. The first-order chi connectivity index (χ1) is 10.6. The zero-order valence-corrected chi connectivity index (χ0v) is 13.6. The number of piperidine rings is 1. The van der Waals surface area contributed by atoms with Crippen molar-refractivity contribution in [1.29, 1.82) is 0 Å². The van der Waals surface area contributed by atoms with Crippen molar-refractivity contribution in [1.82, 2.24) is 9.88 Å². The van der Waals surface area contributed by atoms with Crippen LogP contribution in [0.3, 0.4) is 0 Å². The highest BCUT2D eigenvalue weighted by atomic mass is 15.3. The maximum absolute atomic E-state index is 6.14. The Labute approximate surface area is 132 Å². The molecule has 0 spiro atoms. The fourth-order valence-corrected chi connectivity index (χ4v) is 3.28. The van der Waals surface area contributed by atoms with Crippen molar-refractivity contribution in [2.24, 2.45) is 16.6 Å². The molecule has 4 nitrogen and oxygen atoms in total. The average Bonchev–Trinajstić information content (AvgIpc) is 2.92. The van der Waals surface area contributed by atoms with E-state index in [9.17, 15) is 0 Å². The monoisotopic (exact) mass is 298 g/mol. The van der Waals surface area contributed by atoms with Crippen molar-refractivity contribution in [2.75, 3.05) is 19.6 Å². The number of guanidine groups is 1. The van der Waals surface area contributed by atoms with Gasteiger partial charge in [-0.15, -0.1) is 0 Å². The lowest BCUT2D eigenvalue weighted by molar-refractivity contribution is 0.277. The van der Waals surface area contributed by atoms with E-state index in [4.69, 9.17) is 5.73 Å². The van der Waals surface area contributed by atoms with Crippen molar-refractivity contribution >= 4 is 16.9 Å². The molecule has 0 radical (unpaired) electrons. The summed E-state index contributed by atoms with van der Waals surface area (Å²) < 4.78 is 0. The number of benzene rings is 1. The number of aromatic nitrogens is 1. The number of hydrogen-bond acceptors (Lipinski definition) is 1. The van der Waals surface area contributed by atoms with Gasteiger partial charge < -0.3 is 15.6 Å². The largest absolute Gasteiger partial charge is 0.370 e. The van der Waals surface area contributed by atoms with Crippen LogP contribution in [0.5, 0.6) is 0 Å². The van der Waals surface area contributed by atoms with Crippen LogP contribution in [0.15, 0.2) is 29.4 Å². The number of aryl methyl sites for hydroxylation is 1. The number of nitrogens with one attached hydrogen (secondary N) is 1. The summed E-state index contributed by atoms with van der Waals surface area (Å²) >= 11 is 0. The lowest BCUT2D eigenvalue weighted by atomic mass is 10.00. The van der Waals surface area contributed by atoms with E-state index in [1.807, 2.05) is 0 Å². The molecule has 3 rings (SSSR count). The van der Waals surface area contributed by atoms with Crippen molar-refractivity contribution in [3.05, 3.63) is 35.5 Å². The van der Waals surface area contributed by atoms with Crippen LogP contribution in [-0.4, -0.2) is 35.5 Å². The van der Waals surface area contributed by atoms with Gasteiger partial charge in [0, 0.05) is 36.7 Å². The Morgan fingerprint density at radius 3 is 2.91 bits per heavy atom. The number of aliphatic imine (C=N–C) groups is 1. The van der Waals surface area contributed by atoms with Gasteiger partial charge in [0.1, 0.15) is 0 Å². The van der Waals surface area contributed by atoms with Crippen LogP contribution in [0.1, 0.15) is 30.9 Å². The minimum Gasteiger partial charge on any atom is -0.370 e. The molecule has 0 unspecified atom stereocenters. The van der Waals surface area contributed by atoms with Crippen molar-refractivity contribution in [2.45, 2.75) is 33.1 Å². The van der Waals surface area contributed by atoms with Crippen LogP contribution in [0.4, 0.5) is 0 Å². The quantitative estimate of drug-likeness (QED) is 0.676. The number of fused-ring (bicyclic) bond motifs is 1. The van der Waals surface area contributed by atoms with Crippen LogP contribution < -0.4 is 5.73 Å². The highest BCUT2D eigenvalue weighted by molar-refractivity contribution is 5.86. The minimum absolute atomic E-state index is 0.712. The predicted molar refractivity (Wildman–Crippen MR) is 93.2 cm³/mol. The van der Waals surface area contributed by atoms with Gasteiger partial charge >= 0.3 is 0 Å². The van der Waals surface area contributed by atoms with Gasteiger partial charge in [-0.3, -0.25) is 4.99 Å². The standard InChI is InChI=1S/C18H26N4/c1-13-7-10-22(11-8-13)18(19)20-9-6-15-12-21-16-5-3-4-14(2)17(15)16/h3-5,12-13,21H,6-11H2,1-2H3,(H2,19,20). The molecule has 22 heavy (non-hydrogen) atoms. The first-order valence-corrected chi connectivity index (χ1v) is 8.25. The summed E-state index contributed by atoms with van der Waals surface area (Å²) in [6.45, 7) is 7.31. The zero-order valence-electron chi connectivity index (χ0n) is 13.6. The normalized spacial score (nSPS) is 17.4. The van der Waals surface area contributed by atoms with Gasteiger partial charge in [-0.2, -0.15) is 0 Å². The number of likely N-dealkylation sites (tertiary alicyclic amines) is 1. The van der Waals surface area contributed by atoms with E-state index < -0.39 is 0 Å². The molecule has 0 amide bonds. The Morgan fingerprint density at radius 2 is 2.14 bits per heavy atom. The summed E-state index contributed by atoms with van der Waals surface area (Å²) in [5.74, 6) is 1.53. The average molecular weight is 298 g/mol. The molecule has 1 aliphatic rings. The fourth-order valence-electron chi connectivity index (χ4n) is 3.28. The van der Waals surface area contributed by atoms with Crippen LogP contribution in [0.2, 0.25) is 0 Å². The van der Waals surface area contributed by atoms with Gasteiger partial charge in [0.25, 0.3) is 0 Å². The highest BCUT2D eigenvalue weighted by Crippen LogP contribution is 2.22. The Hall–Kier alpha value is -1.97. The number of rotatable bonds is 3. The van der Waals surface area contributed by atoms with Gasteiger partial charge in [-0.1, -0.05) is 19.1 Å². The smallest absolute Gasteiger partial charge is 0.191 e. The summed E-state index contributed by atoms with van der Waals surface area (Å²) in [6.07, 6.45) is 5.47. The summed E-state index contributed by atoms with van der Waals surface area (Å²) in [5.41, 5.74) is 10.00. The first-order valence-electron chi connectivity index (χ1n) is 8.25. The third-order valence-corrected chi connectivity index (χ3v) is 4.76. The molecular weight excluding hydrogens is 272 g/mol. The van der Waals surface area contributed by atoms with E-state index >= 15 is 0 Å². The van der Waals surface area contributed by atoms with Gasteiger partial charge in [0.05, 0.1) is 0 Å². The number of nitrogens with two attached hydrogens (primary N) is 1. The summed E-state index contributed by atoms with van der Waals surface area (Å²) in [7, 11) is 0. The van der Waals surface area contributed by atoms with Gasteiger partial charge in [-0.25, -0.2) is 0 Å². The van der Waals surface area contributed by atoms with Gasteiger partial charge in [-0.05, 0) is 49.3 Å². The van der Waals surface area contributed by atoms with Gasteiger partial charge in [0.2, 0.25) is 0 Å². The third kappa shape index (κ3) is 3.11. The lowest BCUT2D eigenvalue weighted by Crippen LogP contribution is -2.42. The SMILES string of the molecule is Cc1cccc2[nH]cc(CCN=C(N)N3CCC(C)CC3)c12. The maximum atomic E-state index is 6.14. The second kappa shape index (κ2) is 6.42. The molecule has 1 fully saturated rings. The molecule has 2 aromatic rings. The second-order valence-corrected chi connectivity index (χ2v) is 6.47. The number of hydrogen-bond donors (Lipinski definition) is 2. The molecule has 1 saturated heterocycles. The molecule has 4 heteroatoms. The van der Waals surface area contributed by atoms with Crippen molar-refractivity contribution in [3.63, 3.8) is 0 Å². The van der Waals surface area contributed by atoms with E-state index in [-0.39, 0.29) is 0 Å².